The van der Waals surface area contributed by atoms with Gasteiger partial charge >= 0.3 is 0 Å². The zero-order chi connectivity index (χ0) is 13.1. The van der Waals surface area contributed by atoms with Gasteiger partial charge in [0, 0.05) is 18.7 Å². The second kappa shape index (κ2) is 5.64. The zero-order valence-corrected chi connectivity index (χ0v) is 11.9. The number of hydrogen-bond acceptors (Lipinski definition) is 2. The van der Waals surface area contributed by atoms with Crippen molar-refractivity contribution in [2.24, 2.45) is 0 Å². The van der Waals surface area contributed by atoms with E-state index in [1.54, 1.807) is 0 Å². The van der Waals surface area contributed by atoms with Crippen LogP contribution in [0.3, 0.4) is 0 Å². The monoisotopic (exact) mass is 259 g/mol. The van der Waals surface area contributed by atoms with E-state index >= 15 is 0 Å². The highest BCUT2D eigenvalue weighted by molar-refractivity contribution is 5.18. The molecule has 3 rings (SSSR count). The highest BCUT2D eigenvalue weighted by Crippen LogP contribution is 2.40. The molecule has 2 heteroatoms. The lowest BCUT2D eigenvalue weighted by atomic mass is 9.88. The third-order valence-electron chi connectivity index (χ3n) is 4.79. The van der Waals surface area contributed by atoms with Gasteiger partial charge in [-0.2, -0.15) is 0 Å². The van der Waals surface area contributed by atoms with Gasteiger partial charge in [-0.05, 0) is 38.2 Å². The third kappa shape index (κ3) is 3.01. The van der Waals surface area contributed by atoms with E-state index < -0.39 is 0 Å². The second-order valence-corrected chi connectivity index (χ2v) is 6.23. The van der Waals surface area contributed by atoms with Gasteiger partial charge in [0.25, 0.3) is 0 Å². The Labute approximate surface area is 116 Å². The summed E-state index contributed by atoms with van der Waals surface area (Å²) in [5.41, 5.74) is 1.60. The molecule has 1 spiro atoms. The summed E-state index contributed by atoms with van der Waals surface area (Å²) in [6, 6.07) is 11.8. The quantitative estimate of drug-likeness (QED) is 0.890. The Morgan fingerprint density at radius 1 is 1.21 bits per heavy atom. The molecular weight excluding hydrogens is 234 g/mol. The topological polar surface area (TPSA) is 21.3 Å². The summed E-state index contributed by atoms with van der Waals surface area (Å²) >= 11 is 0. The van der Waals surface area contributed by atoms with E-state index in [1.165, 1.54) is 37.7 Å². The van der Waals surface area contributed by atoms with Gasteiger partial charge in [0.05, 0.1) is 5.60 Å². The first kappa shape index (κ1) is 13.1. The molecule has 1 saturated carbocycles. The lowest BCUT2D eigenvalue weighted by molar-refractivity contribution is -0.0846. The number of ether oxygens (including phenoxy) is 1. The fraction of sp³-hybridized carbons (Fsp3) is 0.647. The van der Waals surface area contributed by atoms with Crippen LogP contribution in [0.25, 0.3) is 0 Å². The van der Waals surface area contributed by atoms with Crippen LogP contribution in [0.5, 0.6) is 0 Å². The van der Waals surface area contributed by atoms with Gasteiger partial charge in [-0.25, -0.2) is 0 Å². The molecule has 1 heterocycles. The molecule has 1 aliphatic heterocycles. The molecule has 2 fully saturated rings. The van der Waals surface area contributed by atoms with Gasteiger partial charge in [0.1, 0.15) is 0 Å². The molecule has 104 valence electrons. The first-order valence-electron chi connectivity index (χ1n) is 7.72. The van der Waals surface area contributed by atoms with Crippen molar-refractivity contribution in [2.75, 3.05) is 6.61 Å². The van der Waals surface area contributed by atoms with E-state index in [0.717, 1.165) is 13.0 Å². The smallest absolute Gasteiger partial charge is 0.0697 e. The molecule has 1 aliphatic carbocycles. The largest absolute Gasteiger partial charge is 0.375 e. The molecule has 1 N–H and O–H groups in total. The first-order chi connectivity index (χ1) is 9.27. The van der Waals surface area contributed by atoms with Crippen LogP contribution < -0.4 is 5.32 Å². The lowest BCUT2D eigenvalue weighted by Crippen LogP contribution is -2.46. The Bertz CT molecular complexity index is 397. The summed E-state index contributed by atoms with van der Waals surface area (Å²) in [5, 5.41) is 3.81. The van der Waals surface area contributed by atoms with Crippen molar-refractivity contribution in [3.8, 4) is 0 Å². The van der Waals surface area contributed by atoms with Crippen LogP contribution in [0.2, 0.25) is 0 Å². The Morgan fingerprint density at radius 3 is 2.68 bits per heavy atom. The minimum Gasteiger partial charge on any atom is -0.375 e. The summed E-state index contributed by atoms with van der Waals surface area (Å²) < 4.78 is 6.10. The minimum absolute atomic E-state index is 0.215. The molecule has 1 saturated heterocycles. The van der Waals surface area contributed by atoms with E-state index in [-0.39, 0.29) is 5.60 Å². The summed E-state index contributed by atoms with van der Waals surface area (Å²) in [5.74, 6) is 0. The lowest BCUT2D eigenvalue weighted by Gasteiger charge is -2.39. The maximum absolute atomic E-state index is 6.10. The van der Waals surface area contributed by atoms with Crippen LogP contribution in [0.15, 0.2) is 30.3 Å². The van der Waals surface area contributed by atoms with E-state index in [1.807, 2.05) is 0 Å². The predicted molar refractivity (Wildman–Crippen MR) is 78.2 cm³/mol. The SMILES string of the molecule is CC(NC1CCOC2(CCCC2)C1)c1ccccc1. The van der Waals surface area contributed by atoms with Gasteiger partial charge in [0.2, 0.25) is 0 Å². The average Bonchev–Trinajstić information content (AvgIpc) is 2.88. The highest BCUT2D eigenvalue weighted by Gasteiger charge is 2.39. The molecule has 0 aromatic heterocycles. The maximum atomic E-state index is 6.10. The van der Waals surface area contributed by atoms with Crippen molar-refractivity contribution in [3.05, 3.63) is 35.9 Å². The van der Waals surface area contributed by atoms with Crippen LogP contribution in [-0.2, 0) is 4.74 Å². The Morgan fingerprint density at radius 2 is 1.95 bits per heavy atom. The van der Waals surface area contributed by atoms with Crippen molar-refractivity contribution in [1.82, 2.24) is 5.32 Å². The van der Waals surface area contributed by atoms with Crippen LogP contribution in [0, 0.1) is 0 Å². The number of hydrogen-bond donors (Lipinski definition) is 1. The van der Waals surface area contributed by atoms with E-state index in [2.05, 4.69) is 42.6 Å². The van der Waals surface area contributed by atoms with Gasteiger partial charge in [0.15, 0.2) is 0 Å². The summed E-state index contributed by atoms with van der Waals surface area (Å²) in [7, 11) is 0. The van der Waals surface area contributed by atoms with Gasteiger partial charge < -0.3 is 10.1 Å². The number of rotatable bonds is 3. The molecule has 2 atom stereocenters. The van der Waals surface area contributed by atoms with Crippen LogP contribution in [0.1, 0.15) is 57.1 Å². The molecule has 0 bridgehead atoms. The standard InChI is InChI=1S/C17H25NO/c1-14(15-7-3-2-4-8-15)18-16-9-12-19-17(13-16)10-5-6-11-17/h2-4,7-8,14,16,18H,5-6,9-13H2,1H3. The predicted octanol–water partition coefficient (Wildman–Crippen LogP) is 3.83. The Balaban J connectivity index is 1.60. The summed E-state index contributed by atoms with van der Waals surface area (Å²) in [6.45, 7) is 3.20. The molecule has 0 amide bonds. The van der Waals surface area contributed by atoms with Gasteiger partial charge in [-0.15, -0.1) is 0 Å². The second-order valence-electron chi connectivity index (χ2n) is 6.23. The Hall–Kier alpha value is -0.860. The normalized spacial score (nSPS) is 27.5. The molecule has 19 heavy (non-hydrogen) atoms. The van der Waals surface area contributed by atoms with E-state index in [9.17, 15) is 0 Å². The third-order valence-corrected chi connectivity index (χ3v) is 4.79. The molecule has 1 aromatic rings. The van der Waals surface area contributed by atoms with Crippen molar-refractivity contribution in [1.29, 1.82) is 0 Å². The summed E-state index contributed by atoms with van der Waals surface area (Å²) in [4.78, 5) is 0. The van der Waals surface area contributed by atoms with Crippen molar-refractivity contribution >= 4 is 0 Å². The van der Waals surface area contributed by atoms with Crippen molar-refractivity contribution < 1.29 is 4.74 Å². The first-order valence-corrected chi connectivity index (χ1v) is 7.72. The van der Waals surface area contributed by atoms with Crippen LogP contribution >= 0.6 is 0 Å². The fourth-order valence-electron chi connectivity index (χ4n) is 3.73. The molecule has 2 unspecified atom stereocenters. The van der Waals surface area contributed by atoms with Gasteiger partial charge in [-0.1, -0.05) is 43.2 Å². The van der Waals surface area contributed by atoms with Gasteiger partial charge in [-0.3, -0.25) is 0 Å². The molecular formula is C17H25NO. The fourth-order valence-corrected chi connectivity index (χ4v) is 3.73. The summed E-state index contributed by atoms with van der Waals surface area (Å²) in [6.07, 6.45) is 7.58. The minimum atomic E-state index is 0.215. The van der Waals surface area contributed by atoms with Crippen LogP contribution in [-0.4, -0.2) is 18.2 Å². The molecule has 2 nitrogen and oxygen atoms in total. The highest BCUT2D eigenvalue weighted by atomic mass is 16.5. The molecule has 0 radical (unpaired) electrons. The van der Waals surface area contributed by atoms with Crippen molar-refractivity contribution in [3.63, 3.8) is 0 Å². The van der Waals surface area contributed by atoms with Crippen molar-refractivity contribution in [2.45, 2.75) is 63.1 Å². The maximum Gasteiger partial charge on any atom is 0.0697 e. The molecule has 2 aliphatic rings. The Kier molecular flexibility index (Phi) is 3.90. The van der Waals surface area contributed by atoms with Crippen LogP contribution in [0.4, 0.5) is 0 Å². The molecule has 1 aromatic carbocycles. The average molecular weight is 259 g/mol. The number of nitrogens with one attached hydrogen (secondary N) is 1. The van der Waals surface area contributed by atoms with E-state index in [0.29, 0.717) is 12.1 Å². The number of benzene rings is 1. The zero-order valence-electron chi connectivity index (χ0n) is 11.9. The van der Waals surface area contributed by atoms with E-state index in [4.69, 9.17) is 4.74 Å².